The van der Waals surface area contributed by atoms with Gasteiger partial charge >= 0.3 is 0 Å². The summed E-state index contributed by atoms with van der Waals surface area (Å²) in [5, 5.41) is 0. The Balaban J connectivity index is 1.63. The highest BCUT2D eigenvalue weighted by Crippen LogP contribution is 2.37. The number of sulfone groups is 1. The number of hydrogen-bond donors (Lipinski definition) is 0. The Morgan fingerprint density at radius 2 is 1.83 bits per heavy atom. The van der Waals surface area contributed by atoms with Gasteiger partial charge in [0.2, 0.25) is 5.91 Å². The minimum Gasteiger partial charge on any atom is -0.342 e. The van der Waals surface area contributed by atoms with E-state index in [9.17, 15) is 13.2 Å². The van der Waals surface area contributed by atoms with Crippen molar-refractivity contribution in [3.05, 3.63) is 35.4 Å². The van der Waals surface area contributed by atoms with E-state index < -0.39 is 9.84 Å². The van der Waals surface area contributed by atoms with E-state index in [-0.39, 0.29) is 23.0 Å². The number of benzene rings is 1. The van der Waals surface area contributed by atoms with Gasteiger partial charge in [-0.25, -0.2) is 8.42 Å². The summed E-state index contributed by atoms with van der Waals surface area (Å²) in [6, 6.07) is 8.41. The van der Waals surface area contributed by atoms with Crippen molar-refractivity contribution in [1.29, 1.82) is 0 Å². The van der Waals surface area contributed by atoms with Crippen molar-refractivity contribution in [2.24, 2.45) is 11.3 Å². The van der Waals surface area contributed by atoms with Gasteiger partial charge in [0.15, 0.2) is 0 Å². The molecule has 3 rings (SSSR count). The lowest BCUT2D eigenvalue weighted by molar-refractivity contribution is -0.143. The predicted molar refractivity (Wildman–Crippen MR) is 95.6 cm³/mol. The standard InChI is InChI=1S/C19H27NO3S/c1-19(10-7-16-5-3-4-6-17(16)13-19)18(21)20-11-8-15(9-12-20)14-24(2,22)23/h3-6,15H,7-14H2,1-2H3. The summed E-state index contributed by atoms with van der Waals surface area (Å²) in [5.74, 6) is 0.693. The molecule has 1 atom stereocenters. The smallest absolute Gasteiger partial charge is 0.228 e. The lowest BCUT2D eigenvalue weighted by Gasteiger charge is -2.40. The highest BCUT2D eigenvalue weighted by molar-refractivity contribution is 7.90. The zero-order chi connectivity index (χ0) is 17.4. The second-order valence-corrected chi connectivity index (χ2v) is 10.0. The van der Waals surface area contributed by atoms with Crippen molar-refractivity contribution < 1.29 is 13.2 Å². The molecule has 1 aromatic rings. The van der Waals surface area contributed by atoms with Crippen LogP contribution < -0.4 is 0 Å². The maximum atomic E-state index is 13.1. The molecule has 1 heterocycles. The Morgan fingerprint density at radius 1 is 1.21 bits per heavy atom. The Morgan fingerprint density at radius 3 is 2.46 bits per heavy atom. The summed E-state index contributed by atoms with van der Waals surface area (Å²) in [5.41, 5.74) is 2.35. The summed E-state index contributed by atoms with van der Waals surface area (Å²) in [6.45, 7) is 3.47. The summed E-state index contributed by atoms with van der Waals surface area (Å²) in [4.78, 5) is 15.0. The number of amides is 1. The van der Waals surface area contributed by atoms with E-state index >= 15 is 0 Å². The molecule has 24 heavy (non-hydrogen) atoms. The summed E-state index contributed by atoms with van der Waals surface area (Å²) < 4.78 is 22.9. The number of hydrogen-bond acceptors (Lipinski definition) is 3. The quantitative estimate of drug-likeness (QED) is 0.842. The van der Waals surface area contributed by atoms with E-state index in [1.807, 2.05) is 11.0 Å². The molecule has 1 fully saturated rings. The molecule has 1 aliphatic carbocycles. The van der Waals surface area contributed by atoms with Crippen molar-refractivity contribution in [2.45, 2.75) is 39.0 Å². The minimum absolute atomic E-state index is 0.198. The van der Waals surface area contributed by atoms with Crippen LogP contribution in [0.4, 0.5) is 0 Å². The molecule has 0 spiro atoms. The predicted octanol–water partition coefficient (Wildman–Crippen LogP) is 2.46. The fourth-order valence-corrected chi connectivity index (χ4v) is 5.38. The number of aryl methyl sites for hydroxylation is 1. The highest BCUT2D eigenvalue weighted by Gasteiger charge is 2.40. The molecule has 132 valence electrons. The Bertz CT molecular complexity index is 720. The van der Waals surface area contributed by atoms with E-state index in [1.54, 1.807) is 0 Å². The van der Waals surface area contributed by atoms with Crippen molar-refractivity contribution >= 4 is 15.7 Å². The van der Waals surface area contributed by atoms with E-state index in [2.05, 4.69) is 25.1 Å². The summed E-state index contributed by atoms with van der Waals surface area (Å²) in [7, 11) is -2.93. The van der Waals surface area contributed by atoms with E-state index in [1.165, 1.54) is 17.4 Å². The molecule has 1 amide bonds. The number of carbonyl (C=O) groups excluding carboxylic acids is 1. The average Bonchev–Trinajstić information content (AvgIpc) is 2.53. The fourth-order valence-electron chi connectivity index (χ4n) is 4.19. The molecule has 1 aromatic carbocycles. The molecular formula is C19H27NO3S. The average molecular weight is 349 g/mol. The van der Waals surface area contributed by atoms with Gasteiger partial charge in [0.25, 0.3) is 0 Å². The molecule has 0 aromatic heterocycles. The third-order valence-electron chi connectivity index (χ3n) is 5.60. The van der Waals surface area contributed by atoms with Crippen LogP contribution in [0.2, 0.25) is 0 Å². The van der Waals surface area contributed by atoms with Crippen LogP contribution in [0.3, 0.4) is 0 Å². The van der Waals surface area contributed by atoms with Crippen LogP contribution >= 0.6 is 0 Å². The minimum atomic E-state index is -2.93. The van der Waals surface area contributed by atoms with Crippen LogP contribution in [0.25, 0.3) is 0 Å². The van der Waals surface area contributed by atoms with Gasteiger partial charge in [-0.3, -0.25) is 4.79 Å². The number of carbonyl (C=O) groups is 1. The number of rotatable bonds is 3. The molecule has 1 saturated heterocycles. The summed E-state index contributed by atoms with van der Waals surface area (Å²) >= 11 is 0. The van der Waals surface area contributed by atoms with Gasteiger partial charge in [0.05, 0.1) is 11.2 Å². The van der Waals surface area contributed by atoms with Gasteiger partial charge < -0.3 is 4.90 Å². The van der Waals surface area contributed by atoms with Gasteiger partial charge in [0, 0.05) is 19.3 Å². The van der Waals surface area contributed by atoms with Crippen LogP contribution in [-0.2, 0) is 27.5 Å². The molecule has 1 unspecified atom stereocenters. The second kappa shape index (κ2) is 6.51. The molecule has 5 heteroatoms. The van der Waals surface area contributed by atoms with Gasteiger partial charge in [-0.15, -0.1) is 0 Å². The first-order valence-corrected chi connectivity index (χ1v) is 10.9. The Hall–Kier alpha value is -1.36. The van der Waals surface area contributed by atoms with Gasteiger partial charge in [-0.1, -0.05) is 31.2 Å². The van der Waals surface area contributed by atoms with E-state index in [0.29, 0.717) is 13.1 Å². The first kappa shape index (κ1) is 17.5. The van der Waals surface area contributed by atoms with Crippen LogP contribution in [0.1, 0.15) is 37.3 Å². The zero-order valence-corrected chi connectivity index (χ0v) is 15.4. The molecule has 4 nitrogen and oxygen atoms in total. The van der Waals surface area contributed by atoms with Crippen LogP contribution in [0.15, 0.2) is 24.3 Å². The topological polar surface area (TPSA) is 54.5 Å². The van der Waals surface area contributed by atoms with Crippen LogP contribution in [0.5, 0.6) is 0 Å². The first-order valence-electron chi connectivity index (χ1n) is 8.81. The maximum absolute atomic E-state index is 13.1. The SMILES string of the molecule is CC1(C(=O)N2CCC(CS(C)(=O)=O)CC2)CCc2ccccc2C1. The van der Waals surface area contributed by atoms with Crippen molar-refractivity contribution in [2.75, 3.05) is 25.1 Å². The lowest BCUT2D eigenvalue weighted by atomic mass is 9.71. The maximum Gasteiger partial charge on any atom is 0.228 e. The second-order valence-electron chi connectivity index (χ2n) is 7.83. The van der Waals surface area contributed by atoms with Crippen molar-refractivity contribution in [1.82, 2.24) is 4.90 Å². The largest absolute Gasteiger partial charge is 0.342 e. The third kappa shape index (κ3) is 3.82. The molecule has 0 N–H and O–H groups in total. The molecule has 0 saturated carbocycles. The number of fused-ring (bicyclic) bond motifs is 1. The molecule has 0 radical (unpaired) electrons. The molecule has 1 aliphatic heterocycles. The zero-order valence-electron chi connectivity index (χ0n) is 14.6. The number of likely N-dealkylation sites (tertiary alicyclic amines) is 1. The first-order chi connectivity index (χ1) is 11.3. The number of piperidine rings is 1. The Kier molecular flexibility index (Phi) is 4.73. The fraction of sp³-hybridized carbons (Fsp3) is 0.632. The number of nitrogens with zero attached hydrogens (tertiary/aromatic N) is 1. The van der Waals surface area contributed by atoms with Gasteiger partial charge in [-0.05, 0) is 49.1 Å². The van der Waals surface area contributed by atoms with Gasteiger partial charge in [0.1, 0.15) is 9.84 Å². The molecule has 0 bridgehead atoms. The van der Waals surface area contributed by atoms with Crippen LogP contribution in [-0.4, -0.2) is 44.3 Å². The van der Waals surface area contributed by atoms with Crippen LogP contribution in [0, 0.1) is 11.3 Å². The molecular weight excluding hydrogens is 322 g/mol. The van der Waals surface area contributed by atoms with Crippen molar-refractivity contribution in [3.63, 3.8) is 0 Å². The third-order valence-corrected chi connectivity index (χ3v) is 6.68. The monoisotopic (exact) mass is 349 g/mol. The lowest BCUT2D eigenvalue weighted by Crippen LogP contribution is -2.48. The van der Waals surface area contributed by atoms with E-state index in [0.717, 1.165) is 32.1 Å². The highest BCUT2D eigenvalue weighted by atomic mass is 32.2. The summed E-state index contributed by atoms with van der Waals surface area (Å²) in [6.07, 6.45) is 5.56. The van der Waals surface area contributed by atoms with Gasteiger partial charge in [-0.2, -0.15) is 0 Å². The Labute approximate surface area is 145 Å². The normalized spacial score (nSPS) is 25.3. The van der Waals surface area contributed by atoms with Crippen molar-refractivity contribution in [3.8, 4) is 0 Å². The molecule has 2 aliphatic rings. The van der Waals surface area contributed by atoms with E-state index in [4.69, 9.17) is 0 Å².